The molecule has 1 heterocycles. The Labute approximate surface area is 199 Å². The number of hydrogen-bond donors (Lipinski definition) is 1. The fourth-order valence-corrected chi connectivity index (χ4v) is 4.03. The number of halogens is 2. The smallest absolute Gasteiger partial charge is 0.270 e. The predicted molar refractivity (Wildman–Crippen MR) is 128 cm³/mol. The molecule has 0 saturated carbocycles. The van der Waals surface area contributed by atoms with Crippen molar-refractivity contribution >= 4 is 34.1 Å². The second-order valence-corrected chi connectivity index (χ2v) is 8.16. The van der Waals surface area contributed by atoms with Crippen LogP contribution in [0.25, 0.3) is 10.9 Å². The van der Waals surface area contributed by atoms with E-state index in [0.717, 1.165) is 33.8 Å². The zero-order valence-corrected chi connectivity index (χ0v) is 19.0. The monoisotopic (exact) mass is 481 g/mol. The summed E-state index contributed by atoms with van der Waals surface area (Å²) in [5.74, 6) is -0.0142. The molecule has 0 unspecified atom stereocenters. The van der Waals surface area contributed by atoms with E-state index in [1.54, 1.807) is 24.1 Å². The molecule has 0 fully saturated rings. The van der Waals surface area contributed by atoms with Gasteiger partial charge in [-0.15, -0.1) is 0 Å². The van der Waals surface area contributed by atoms with Gasteiger partial charge in [-0.2, -0.15) is 0 Å². The van der Waals surface area contributed by atoms with Crippen LogP contribution in [0.5, 0.6) is 5.75 Å². The van der Waals surface area contributed by atoms with Crippen molar-refractivity contribution in [3.8, 4) is 5.75 Å². The molecule has 0 radical (unpaired) electrons. The van der Waals surface area contributed by atoms with Gasteiger partial charge < -0.3 is 14.6 Å². The summed E-state index contributed by atoms with van der Waals surface area (Å²) in [4.78, 5) is 28.7. The highest BCUT2D eigenvalue weighted by Gasteiger charge is 2.21. The normalized spacial score (nSPS) is 10.9. The molecule has 0 aliphatic rings. The van der Waals surface area contributed by atoms with Crippen molar-refractivity contribution in [1.29, 1.82) is 0 Å². The Balaban J connectivity index is 1.62. The Morgan fingerprint density at radius 3 is 2.59 bits per heavy atom. The van der Waals surface area contributed by atoms with Gasteiger partial charge in [0.25, 0.3) is 11.6 Å². The van der Waals surface area contributed by atoms with Gasteiger partial charge in [0.1, 0.15) is 11.6 Å². The lowest BCUT2D eigenvalue weighted by molar-refractivity contribution is -0.384. The summed E-state index contributed by atoms with van der Waals surface area (Å²) < 4.78 is 18.7. The van der Waals surface area contributed by atoms with Crippen LogP contribution in [0, 0.1) is 15.9 Å². The molecule has 174 valence electrons. The molecule has 0 spiro atoms. The number of carbonyl (C=O) groups is 1. The van der Waals surface area contributed by atoms with Crippen molar-refractivity contribution in [2.45, 2.75) is 13.0 Å². The van der Waals surface area contributed by atoms with E-state index in [2.05, 4.69) is 4.98 Å². The largest absolute Gasteiger partial charge is 0.497 e. The average molecular weight is 482 g/mol. The Hall–Kier alpha value is -3.91. The maximum Gasteiger partial charge on any atom is 0.270 e. The molecular weight excluding hydrogens is 461 g/mol. The molecule has 0 aliphatic heterocycles. The van der Waals surface area contributed by atoms with E-state index in [-0.39, 0.29) is 34.5 Å². The number of ether oxygens (including phenoxy) is 1. The molecule has 3 aromatic carbocycles. The lowest BCUT2D eigenvalue weighted by Gasteiger charge is -2.23. The van der Waals surface area contributed by atoms with Crippen LogP contribution in [0.1, 0.15) is 21.5 Å². The summed E-state index contributed by atoms with van der Waals surface area (Å²) in [5, 5.41) is 12.0. The van der Waals surface area contributed by atoms with Crippen LogP contribution >= 0.6 is 11.6 Å². The molecule has 0 atom stereocenters. The van der Waals surface area contributed by atoms with Gasteiger partial charge in [-0.1, -0.05) is 23.7 Å². The number of nitrogens with zero attached hydrogens (tertiary/aromatic N) is 2. The number of hydrogen-bond acceptors (Lipinski definition) is 4. The van der Waals surface area contributed by atoms with Gasteiger partial charge in [0.15, 0.2) is 0 Å². The van der Waals surface area contributed by atoms with Crippen LogP contribution in [0.3, 0.4) is 0 Å². The Morgan fingerprint density at radius 1 is 1.15 bits per heavy atom. The minimum Gasteiger partial charge on any atom is -0.497 e. The number of benzene rings is 3. The van der Waals surface area contributed by atoms with Gasteiger partial charge in [-0.25, -0.2) is 4.39 Å². The molecule has 1 amide bonds. The standard InChI is InChI=1S/C25H21ClFN3O4/c1-34-20-7-9-24-22(13-20)17(14-28-24)10-11-29(15-16-2-4-18(27)5-3-16)25(31)21-8-6-19(30(32)33)12-23(21)26/h2-9,12-14,28H,10-11,15H2,1H3. The van der Waals surface area contributed by atoms with Crippen LogP contribution in [0.2, 0.25) is 5.02 Å². The first-order valence-electron chi connectivity index (χ1n) is 10.5. The first-order chi connectivity index (χ1) is 16.4. The maximum absolute atomic E-state index is 13.4. The van der Waals surface area contributed by atoms with E-state index in [1.165, 1.54) is 24.3 Å². The number of amides is 1. The number of carbonyl (C=O) groups excluding carboxylic acids is 1. The van der Waals surface area contributed by atoms with E-state index in [1.807, 2.05) is 24.4 Å². The number of non-ortho nitro benzene ring substituents is 1. The zero-order valence-electron chi connectivity index (χ0n) is 18.3. The molecule has 7 nitrogen and oxygen atoms in total. The van der Waals surface area contributed by atoms with Crippen molar-refractivity contribution in [2.75, 3.05) is 13.7 Å². The third-order valence-corrected chi connectivity index (χ3v) is 5.91. The molecule has 4 rings (SSSR count). The summed E-state index contributed by atoms with van der Waals surface area (Å²) in [7, 11) is 1.60. The minimum atomic E-state index is -0.568. The van der Waals surface area contributed by atoms with Crippen LogP contribution in [-0.2, 0) is 13.0 Å². The first kappa shape index (κ1) is 23.3. The molecule has 4 aromatic rings. The third-order valence-electron chi connectivity index (χ3n) is 5.59. The molecule has 9 heteroatoms. The molecule has 0 saturated heterocycles. The van der Waals surface area contributed by atoms with Gasteiger partial charge in [0.05, 0.1) is 22.6 Å². The van der Waals surface area contributed by atoms with E-state index in [0.29, 0.717) is 13.0 Å². The summed E-state index contributed by atoms with van der Waals surface area (Å²) in [6.07, 6.45) is 2.42. The Bertz CT molecular complexity index is 1350. The molecule has 1 aromatic heterocycles. The maximum atomic E-state index is 13.4. The molecule has 1 N–H and O–H groups in total. The minimum absolute atomic E-state index is 0.000127. The van der Waals surface area contributed by atoms with E-state index in [4.69, 9.17) is 16.3 Å². The van der Waals surface area contributed by atoms with Gasteiger partial charge in [0, 0.05) is 42.3 Å². The van der Waals surface area contributed by atoms with Gasteiger partial charge >= 0.3 is 0 Å². The first-order valence-corrected chi connectivity index (χ1v) is 10.8. The number of H-pyrrole nitrogens is 1. The number of nitrogens with one attached hydrogen (secondary N) is 1. The van der Waals surface area contributed by atoms with Crippen LogP contribution < -0.4 is 4.74 Å². The van der Waals surface area contributed by atoms with Crippen LogP contribution in [-0.4, -0.2) is 34.4 Å². The van der Waals surface area contributed by atoms with Crippen molar-refractivity contribution in [3.63, 3.8) is 0 Å². The molecular formula is C25H21ClFN3O4. The molecule has 0 bridgehead atoms. The van der Waals surface area contributed by atoms with Crippen molar-refractivity contribution in [1.82, 2.24) is 9.88 Å². The summed E-state index contributed by atoms with van der Waals surface area (Å²) in [6.45, 7) is 0.561. The van der Waals surface area contributed by atoms with Gasteiger partial charge in [0.2, 0.25) is 0 Å². The third kappa shape index (κ3) is 5.02. The van der Waals surface area contributed by atoms with Gasteiger partial charge in [-0.3, -0.25) is 14.9 Å². The number of aromatic amines is 1. The highest BCUT2D eigenvalue weighted by atomic mass is 35.5. The summed E-state index contributed by atoms with van der Waals surface area (Å²) >= 11 is 6.23. The SMILES string of the molecule is COc1ccc2[nH]cc(CCN(Cc3ccc(F)cc3)C(=O)c3ccc([N+](=O)[O-])cc3Cl)c2c1. The average Bonchev–Trinajstić information content (AvgIpc) is 3.24. The molecule has 34 heavy (non-hydrogen) atoms. The second kappa shape index (κ2) is 9.93. The predicted octanol–water partition coefficient (Wildman–Crippen LogP) is 5.76. The number of nitro groups is 1. The lowest BCUT2D eigenvalue weighted by atomic mass is 10.1. The van der Waals surface area contributed by atoms with Crippen LogP contribution in [0.15, 0.2) is 66.9 Å². The highest BCUT2D eigenvalue weighted by molar-refractivity contribution is 6.34. The summed E-state index contributed by atoms with van der Waals surface area (Å²) in [6, 6.07) is 15.4. The van der Waals surface area contributed by atoms with Crippen molar-refractivity contribution in [3.05, 3.63) is 105 Å². The Morgan fingerprint density at radius 2 is 1.91 bits per heavy atom. The zero-order chi connectivity index (χ0) is 24.2. The van der Waals surface area contributed by atoms with E-state index < -0.39 is 4.92 Å². The fourth-order valence-electron chi connectivity index (χ4n) is 3.77. The van der Waals surface area contributed by atoms with Gasteiger partial charge in [-0.05, 0) is 53.9 Å². The highest BCUT2D eigenvalue weighted by Crippen LogP contribution is 2.26. The van der Waals surface area contributed by atoms with E-state index >= 15 is 0 Å². The fraction of sp³-hybridized carbons (Fsp3) is 0.160. The second-order valence-electron chi connectivity index (χ2n) is 7.75. The van der Waals surface area contributed by atoms with E-state index in [9.17, 15) is 19.3 Å². The topological polar surface area (TPSA) is 88.5 Å². The molecule has 0 aliphatic carbocycles. The number of aromatic nitrogens is 1. The number of methoxy groups -OCH3 is 1. The number of rotatable bonds is 8. The number of fused-ring (bicyclic) bond motifs is 1. The summed E-state index contributed by atoms with van der Waals surface area (Å²) in [5.41, 5.74) is 2.66. The quantitative estimate of drug-likeness (QED) is 0.256. The lowest BCUT2D eigenvalue weighted by Crippen LogP contribution is -2.32. The van der Waals surface area contributed by atoms with Crippen LogP contribution in [0.4, 0.5) is 10.1 Å². The van der Waals surface area contributed by atoms with Crippen molar-refractivity contribution in [2.24, 2.45) is 0 Å². The van der Waals surface area contributed by atoms with Crippen molar-refractivity contribution < 1.29 is 18.8 Å². The number of nitro benzene ring substituents is 1. The Kier molecular flexibility index (Phi) is 6.79.